The molecule has 1 saturated carbocycles. The van der Waals surface area contributed by atoms with Gasteiger partial charge in [-0.1, -0.05) is 51.3 Å². The summed E-state index contributed by atoms with van der Waals surface area (Å²) >= 11 is 0. The van der Waals surface area contributed by atoms with E-state index in [-0.39, 0.29) is 11.1 Å². The van der Waals surface area contributed by atoms with Crippen molar-refractivity contribution in [2.45, 2.75) is 77.6 Å². The van der Waals surface area contributed by atoms with Crippen LogP contribution in [0.1, 0.15) is 76.9 Å². The number of ether oxygens (including phenoxy) is 2. The van der Waals surface area contributed by atoms with Gasteiger partial charge < -0.3 is 13.9 Å². The van der Waals surface area contributed by atoms with Crippen molar-refractivity contribution in [3.8, 4) is 5.75 Å². The highest BCUT2D eigenvalue weighted by molar-refractivity contribution is 5.83. The van der Waals surface area contributed by atoms with E-state index in [1.807, 2.05) is 0 Å². The third kappa shape index (κ3) is 7.75. The third-order valence-corrected chi connectivity index (χ3v) is 6.74. The van der Waals surface area contributed by atoms with Crippen molar-refractivity contribution < 1.29 is 18.3 Å². The van der Waals surface area contributed by atoms with Crippen LogP contribution in [-0.2, 0) is 11.2 Å². The van der Waals surface area contributed by atoms with Gasteiger partial charge in [-0.05, 0) is 74.0 Å². The largest absolute Gasteiger partial charge is 0.497 e. The maximum Gasteiger partial charge on any atom is 0.346 e. The summed E-state index contributed by atoms with van der Waals surface area (Å²) in [5.41, 5.74) is -0.619. The monoisotopic (exact) mass is 470 g/mol. The van der Waals surface area contributed by atoms with Gasteiger partial charge in [0.05, 0.1) is 12.9 Å². The Balaban J connectivity index is 1.51. The van der Waals surface area contributed by atoms with Crippen LogP contribution in [0.3, 0.4) is 0 Å². The highest BCUT2D eigenvalue weighted by Gasteiger charge is 2.20. The molecule has 0 N–H and O–H groups in total. The topological polar surface area (TPSA) is 48.7 Å². The number of hydrogen-bond donors (Lipinski definition) is 0. The molecular formula is C29H39FO4. The Morgan fingerprint density at radius 1 is 1.15 bits per heavy atom. The van der Waals surface area contributed by atoms with Crippen molar-refractivity contribution in [2.24, 2.45) is 11.8 Å². The summed E-state index contributed by atoms with van der Waals surface area (Å²) in [5, 5.41) is 0.561. The van der Waals surface area contributed by atoms with Gasteiger partial charge in [-0.3, -0.25) is 0 Å². The van der Waals surface area contributed by atoms with E-state index in [1.54, 1.807) is 30.5 Å². The van der Waals surface area contributed by atoms with E-state index in [0.29, 0.717) is 42.6 Å². The number of hydrogen-bond acceptors (Lipinski definition) is 4. The van der Waals surface area contributed by atoms with E-state index >= 15 is 0 Å². The van der Waals surface area contributed by atoms with Crippen molar-refractivity contribution in [1.29, 1.82) is 0 Å². The fraction of sp³-hybridized carbons (Fsp3) is 0.552. The number of halogens is 1. The van der Waals surface area contributed by atoms with Crippen LogP contribution in [0.25, 0.3) is 10.8 Å². The van der Waals surface area contributed by atoms with Crippen LogP contribution in [-0.4, -0.2) is 13.2 Å². The van der Waals surface area contributed by atoms with Gasteiger partial charge in [-0.25, -0.2) is 9.18 Å². The van der Waals surface area contributed by atoms with Gasteiger partial charge in [0.2, 0.25) is 0 Å². The van der Waals surface area contributed by atoms with Gasteiger partial charge in [0.15, 0.2) is 11.6 Å². The number of unbranched alkanes of at least 4 members (excludes halogenated alkanes) is 4. The minimum atomic E-state index is -0.619. The van der Waals surface area contributed by atoms with Gasteiger partial charge in [0, 0.05) is 6.42 Å². The molecule has 1 aliphatic rings. The average molecular weight is 471 g/mol. The highest BCUT2D eigenvalue weighted by Crippen LogP contribution is 2.33. The number of benzene rings is 1. The Kier molecular flexibility index (Phi) is 10.7. The molecule has 0 saturated heterocycles. The standard InChI is InChI=1S/C29H39FO4/c1-3-5-6-7-8-19-33-26-16-14-24-21-25(34-29(31)27(24)28(26)30)15-13-22-9-11-23(12-10-22)17-20-32-18-4-2/h4,14,16-17,20-23H,2-3,5-13,15,18-19H2,1H3/b20-17+. The van der Waals surface area contributed by atoms with Crippen molar-refractivity contribution in [2.75, 3.05) is 13.2 Å². The molecule has 0 spiro atoms. The lowest BCUT2D eigenvalue weighted by atomic mass is 9.80. The van der Waals surface area contributed by atoms with Crippen LogP contribution >= 0.6 is 0 Å². The van der Waals surface area contributed by atoms with Crippen molar-refractivity contribution in [1.82, 2.24) is 0 Å². The predicted octanol–water partition coefficient (Wildman–Crippen LogP) is 7.74. The molecule has 34 heavy (non-hydrogen) atoms. The molecule has 5 heteroatoms. The second-order valence-electron chi connectivity index (χ2n) is 9.37. The maximum atomic E-state index is 14.9. The minimum absolute atomic E-state index is 0.0156. The van der Waals surface area contributed by atoms with Gasteiger partial charge in [0.1, 0.15) is 17.8 Å². The van der Waals surface area contributed by atoms with Crippen LogP contribution in [0.4, 0.5) is 4.39 Å². The van der Waals surface area contributed by atoms with Crippen molar-refractivity contribution in [3.05, 3.63) is 65.2 Å². The lowest BCUT2D eigenvalue weighted by molar-refractivity contribution is 0.268. The number of rotatable bonds is 14. The number of aryl methyl sites for hydroxylation is 1. The second-order valence-corrected chi connectivity index (χ2v) is 9.37. The van der Waals surface area contributed by atoms with Gasteiger partial charge >= 0.3 is 5.63 Å². The van der Waals surface area contributed by atoms with Crippen molar-refractivity contribution in [3.63, 3.8) is 0 Å². The molecule has 0 radical (unpaired) electrons. The molecule has 2 aromatic rings. The van der Waals surface area contributed by atoms with E-state index in [9.17, 15) is 9.18 Å². The summed E-state index contributed by atoms with van der Waals surface area (Å²) in [7, 11) is 0. The molecular weight excluding hydrogens is 431 g/mol. The Bertz CT molecular complexity index is 986. The summed E-state index contributed by atoms with van der Waals surface area (Å²) in [6.07, 6.45) is 17.4. The van der Waals surface area contributed by atoms with Crippen LogP contribution in [0, 0.1) is 17.7 Å². The summed E-state index contributed by atoms with van der Waals surface area (Å²) < 4.78 is 31.4. The van der Waals surface area contributed by atoms with Gasteiger partial charge in [-0.2, -0.15) is 0 Å². The fourth-order valence-corrected chi connectivity index (χ4v) is 4.70. The Labute approximate surface area is 202 Å². The van der Waals surface area contributed by atoms with Crippen LogP contribution in [0.5, 0.6) is 5.75 Å². The summed E-state index contributed by atoms with van der Waals surface area (Å²) in [4.78, 5) is 12.6. The van der Waals surface area contributed by atoms with Crippen LogP contribution in [0.15, 0.2) is 52.4 Å². The predicted molar refractivity (Wildman–Crippen MR) is 136 cm³/mol. The molecule has 1 aliphatic carbocycles. The number of fused-ring (bicyclic) bond motifs is 1. The normalized spacial score (nSPS) is 18.4. The molecule has 186 valence electrons. The molecule has 1 aromatic carbocycles. The van der Waals surface area contributed by atoms with E-state index in [2.05, 4.69) is 19.6 Å². The smallest absolute Gasteiger partial charge is 0.346 e. The molecule has 0 unspecified atom stereocenters. The first kappa shape index (κ1) is 26.1. The van der Waals surface area contributed by atoms with E-state index < -0.39 is 11.4 Å². The third-order valence-electron chi connectivity index (χ3n) is 6.74. The Hall–Kier alpha value is -2.56. The van der Waals surface area contributed by atoms with Crippen LogP contribution < -0.4 is 10.4 Å². The minimum Gasteiger partial charge on any atom is -0.497 e. The molecule has 0 bridgehead atoms. The lowest BCUT2D eigenvalue weighted by Gasteiger charge is -2.26. The van der Waals surface area contributed by atoms with Crippen LogP contribution in [0.2, 0.25) is 0 Å². The molecule has 1 heterocycles. The number of allylic oxidation sites excluding steroid dienone is 1. The molecule has 1 fully saturated rings. The fourth-order valence-electron chi connectivity index (χ4n) is 4.70. The first-order valence-electron chi connectivity index (χ1n) is 12.9. The molecule has 0 atom stereocenters. The first-order valence-corrected chi connectivity index (χ1v) is 12.9. The lowest BCUT2D eigenvalue weighted by Crippen LogP contribution is -2.14. The molecule has 4 nitrogen and oxygen atoms in total. The second kappa shape index (κ2) is 14.0. The molecule has 1 aromatic heterocycles. The molecule has 0 amide bonds. The Morgan fingerprint density at radius 3 is 2.71 bits per heavy atom. The summed E-state index contributed by atoms with van der Waals surface area (Å²) in [6, 6.07) is 5.19. The van der Waals surface area contributed by atoms with E-state index in [4.69, 9.17) is 13.9 Å². The SMILES string of the molecule is C=CCO/C=C/C1CCC(CCc2cc3ccc(OCCCCCCC)c(F)c3c(=O)o2)CC1. The Morgan fingerprint density at radius 2 is 1.94 bits per heavy atom. The maximum absolute atomic E-state index is 14.9. The quantitative estimate of drug-likeness (QED) is 0.161. The molecule has 0 aliphatic heterocycles. The zero-order valence-electron chi connectivity index (χ0n) is 20.5. The van der Waals surface area contributed by atoms with Gasteiger partial charge in [-0.15, -0.1) is 0 Å². The van der Waals surface area contributed by atoms with Crippen molar-refractivity contribution >= 4 is 10.8 Å². The van der Waals surface area contributed by atoms with E-state index in [0.717, 1.165) is 51.4 Å². The zero-order chi connectivity index (χ0) is 24.2. The average Bonchev–Trinajstić information content (AvgIpc) is 2.84. The van der Waals surface area contributed by atoms with E-state index in [1.165, 1.54) is 12.8 Å². The molecule has 3 rings (SSSR count). The van der Waals surface area contributed by atoms with Gasteiger partial charge in [0.25, 0.3) is 0 Å². The summed E-state index contributed by atoms with van der Waals surface area (Å²) in [6.45, 7) is 6.81. The summed E-state index contributed by atoms with van der Waals surface area (Å²) in [5.74, 6) is 1.32. The zero-order valence-corrected chi connectivity index (χ0v) is 20.5. The first-order chi connectivity index (χ1) is 16.6. The highest BCUT2D eigenvalue weighted by atomic mass is 19.1.